The van der Waals surface area contributed by atoms with Gasteiger partial charge < -0.3 is 20.3 Å². The Bertz CT molecular complexity index is 798. The van der Waals surface area contributed by atoms with Crippen LogP contribution in [-0.4, -0.2) is 43.1 Å². The van der Waals surface area contributed by atoms with Gasteiger partial charge in [-0.1, -0.05) is 16.9 Å². The van der Waals surface area contributed by atoms with E-state index in [2.05, 4.69) is 41.3 Å². The van der Waals surface area contributed by atoms with Gasteiger partial charge in [-0.25, -0.2) is 9.02 Å². The number of nitrogens with zero attached hydrogens (tertiary/aromatic N) is 3. The molecule has 0 aliphatic carbocycles. The number of amidine groups is 1. The molecule has 1 aromatic heterocycles. The van der Waals surface area contributed by atoms with Crippen LogP contribution in [0.15, 0.2) is 37.5 Å². The van der Waals surface area contributed by atoms with E-state index >= 15 is 0 Å². The molecule has 0 atom stereocenters. The average molecular weight is 441 g/mol. The van der Waals surface area contributed by atoms with E-state index in [0.29, 0.717) is 5.69 Å². The van der Waals surface area contributed by atoms with Gasteiger partial charge in [0.2, 0.25) is 5.84 Å². The quantitative estimate of drug-likeness (QED) is 0.133. The van der Waals surface area contributed by atoms with Crippen LogP contribution in [0.1, 0.15) is 5.69 Å². The number of hydrogen-bond acceptors (Lipinski definition) is 7. The SMILES string of the molecule is O=P(O)(O)CCSc1nonc1/C(=N\O)Nc1ccc(F)c(Br)c1. The van der Waals surface area contributed by atoms with E-state index in [1.807, 2.05) is 0 Å². The lowest BCUT2D eigenvalue weighted by Gasteiger charge is -2.07. The summed E-state index contributed by atoms with van der Waals surface area (Å²) in [5.74, 6) is -0.514. The Hall–Kier alpha value is -1.46. The van der Waals surface area contributed by atoms with Crippen LogP contribution < -0.4 is 5.32 Å². The minimum Gasteiger partial charge on any atom is -0.409 e. The van der Waals surface area contributed by atoms with Gasteiger partial charge in [0.1, 0.15) is 5.82 Å². The Labute approximate surface area is 147 Å². The molecule has 130 valence electrons. The lowest BCUT2D eigenvalue weighted by molar-refractivity contribution is 0.297. The molecule has 0 fully saturated rings. The number of halogens is 2. The monoisotopic (exact) mass is 440 g/mol. The third-order valence-electron chi connectivity index (χ3n) is 2.59. The highest BCUT2D eigenvalue weighted by Gasteiger charge is 2.20. The summed E-state index contributed by atoms with van der Waals surface area (Å²) in [5, 5.41) is 22.3. The maximum absolute atomic E-state index is 13.2. The first-order valence-corrected chi connectivity index (χ1v) is 9.82. The van der Waals surface area contributed by atoms with E-state index in [9.17, 15) is 8.96 Å². The van der Waals surface area contributed by atoms with Crippen LogP contribution in [0, 0.1) is 5.82 Å². The molecule has 2 rings (SSSR count). The largest absolute Gasteiger partial charge is 0.409 e. The van der Waals surface area contributed by atoms with Crippen molar-refractivity contribution < 1.29 is 28.6 Å². The number of hydrogen-bond donors (Lipinski definition) is 4. The number of anilines is 1. The molecule has 0 spiro atoms. The van der Waals surface area contributed by atoms with E-state index in [0.717, 1.165) is 11.8 Å². The van der Waals surface area contributed by atoms with Gasteiger partial charge >= 0.3 is 7.60 Å². The molecule has 9 nitrogen and oxygen atoms in total. The lowest BCUT2D eigenvalue weighted by atomic mass is 10.3. The minimum atomic E-state index is -4.13. The zero-order chi connectivity index (χ0) is 17.7. The van der Waals surface area contributed by atoms with Crippen LogP contribution in [0.5, 0.6) is 0 Å². The number of oxime groups is 1. The van der Waals surface area contributed by atoms with Gasteiger partial charge in [-0.05, 0) is 44.4 Å². The highest BCUT2D eigenvalue weighted by Crippen LogP contribution is 2.36. The molecule has 0 amide bonds. The van der Waals surface area contributed by atoms with Gasteiger partial charge in [-0.15, -0.1) is 0 Å². The van der Waals surface area contributed by atoms with Crippen molar-refractivity contribution in [2.45, 2.75) is 5.03 Å². The standard InChI is InChI=1S/C11H11BrFN4O5PS/c12-7-5-6(1-2-8(7)13)14-10(15-18)9-11(17-22-16-9)24-4-3-23(19,20)21/h1-2,5,18H,3-4H2,(H,14,15)(H2,19,20,21). The highest BCUT2D eigenvalue weighted by molar-refractivity contribution is 9.10. The summed E-state index contributed by atoms with van der Waals surface area (Å²) >= 11 is 4.01. The van der Waals surface area contributed by atoms with Gasteiger partial charge in [-0.2, -0.15) is 0 Å². The van der Waals surface area contributed by atoms with Gasteiger partial charge in [0.05, 0.1) is 10.6 Å². The molecule has 24 heavy (non-hydrogen) atoms. The van der Waals surface area contributed by atoms with Crippen LogP contribution in [0.3, 0.4) is 0 Å². The first-order chi connectivity index (χ1) is 11.3. The van der Waals surface area contributed by atoms with E-state index in [1.54, 1.807) is 0 Å². The minimum absolute atomic E-state index is 0.0497. The fourth-order valence-corrected chi connectivity index (χ4v) is 3.77. The van der Waals surface area contributed by atoms with E-state index in [4.69, 9.17) is 15.0 Å². The molecule has 0 bridgehead atoms. The second kappa shape index (κ2) is 8.08. The Morgan fingerprint density at radius 1 is 1.46 bits per heavy atom. The maximum Gasteiger partial charge on any atom is 0.326 e. The highest BCUT2D eigenvalue weighted by atomic mass is 79.9. The predicted molar refractivity (Wildman–Crippen MR) is 88.0 cm³/mol. The molecule has 0 aliphatic heterocycles. The Kier molecular flexibility index (Phi) is 6.35. The maximum atomic E-state index is 13.2. The van der Waals surface area contributed by atoms with Crippen LogP contribution in [0.2, 0.25) is 0 Å². The van der Waals surface area contributed by atoms with Crippen molar-refractivity contribution in [1.29, 1.82) is 0 Å². The first kappa shape index (κ1) is 18.9. The van der Waals surface area contributed by atoms with Crippen molar-refractivity contribution in [3.05, 3.63) is 34.2 Å². The van der Waals surface area contributed by atoms with E-state index < -0.39 is 13.4 Å². The number of rotatable bonds is 6. The molecule has 0 saturated carbocycles. The fraction of sp³-hybridized carbons (Fsp3) is 0.182. The Balaban J connectivity index is 2.12. The number of benzene rings is 1. The van der Waals surface area contributed by atoms with Gasteiger partial charge in [0.25, 0.3) is 0 Å². The molecule has 1 heterocycles. The third-order valence-corrected chi connectivity index (χ3v) is 5.25. The van der Waals surface area contributed by atoms with Crippen molar-refractivity contribution in [1.82, 2.24) is 10.3 Å². The van der Waals surface area contributed by atoms with Crippen molar-refractivity contribution in [2.24, 2.45) is 5.16 Å². The third kappa shape index (κ3) is 5.28. The molecule has 0 unspecified atom stereocenters. The summed E-state index contributed by atoms with van der Waals surface area (Å²) in [7, 11) is -4.13. The molecule has 4 N–H and O–H groups in total. The molecular formula is C11H11BrFN4O5PS. The van der Waals surface area contributed by atoms with Gasteiger partial charge in [-0.3, -0.25) is 4.57 Å². The van der Waals surface area contributed by atoms with E-state index in [1.165, 1.54) is 18.2 Å². The normalized spacial score (nSPS) is 12.4. The summed E-state index contributed by atoms with van der Waals surface area (Å²) < 4.78 is 28.9. The molecule has 1 aromatic carbocycles. The predicted octanol–water partition coefficient (Wildman–Crippen LogP) is 2.49. The molecule has 0 aliphatic rings. The average Bonchev–Trinajstić information content (AvgIpc) is 2.95. The summed E-state index contributed by atoms with van der Waals surface area (Å²) in [6.07, 6.45) is -0.353. The second-order valence-corrected chi connectivity index (χ2v) is 8.07. The zero-order valence-corrected chi connectivity index (χ0v) is 15.1. The van der Waals surface area contributed by atoms with Gasteiger partial charge in [0, 0.05) is 11.4 Å². The van der Waals surface area contributed by atoms with Crippen LogP contribution in [-0.2, 0) is 4.57 Å². The number of aromatic nitrogens is 2. The van der Waals surface area contributed by atoms with Crippen molar-refractivity contribution in [2.75, 3.05) is 17.2 Å². The smallest absolute Gasteiger partial charge is 0.326 e. The number of thioether (sulfide) groups is 1. The zero-order valence-electron chi connectivity index (χ0n) is 11.8. The van der Waals surface area contributed by atoms with Crippen LogP contribution in [0.25, 0.3) is 0 Å². The molecule has 13 heteroatoms. The van der Waals surface area contributed by atoms with E-state index in [-0.39, 0.29) is 32.9 Å². The van der Waals surface area contributed by atoms with Crippen LogP contribution >= 0.6 is 35.3 Å². The topological polar surface area (TPSA) is 141 Å². The summed E-state index contributed by atoms with van der Waals surface area (Å²) in [5.41, 5.74) is 0.457. The van der Waals surface area contributed by atoms with Gasteiger partial charge in [0.15, 0.2) is 10.7 Å². The fourth-order valence-electron chi connectivity index (χ4n) is 1.52. The molecule has 0 saturated heterocycles. The van der Waals surface area contributed by atoms with Crippen LogP contribution in [0.4, 0.5) is 10.1 Å². The summed E-state index contributed by atoms with van der Waals surface area (Å²) in [6, 6.07) is 4.05. The molecule has 0 radical (unpaired) electrons. The number of nitrogens with one attached hydrogen (secondary N) is 1. The summed E-state index contributed by atoms with van der Waals surface area (Å²) in [6.45, 7) is 0. The van der Waals surface area contributed by atoms with Crippen molar-refractivity contribution >= 4 is 46.8 Å². The Morgan fingerprint density at radius 3 is 2.83 bits per heavy atom. The first-order valence-electron chi connectivity index (χ1n) is 6.24. The summed E-state index contributed by atoms with van der Waals surface area (Å²) in [4.78, 5) is 17.7. The van der Waals surface area contributed by atoms with Crippen molar-refractivity contribution in [3.63, 3.8) is 0 Å². The second-order valence-electron chi connectivity index (χ2n) is 4.36. The molecule has 2 aromatic rings. The Morgan fingerprint density at radius 2 is 2.21 bits per heavy atom. The molecular weight excluding hydrogens is 430 g/mol. The van der Waals surface area contributed by atoms with Crippen molar-refractivity contribution in [3.8, 4) is 0 Å². The lowest BCUT2D eigenvalue weighted by Crippen LogP contribution is -2.15.